The SMILES string of the molecule is COc1cc2nc(C=O)cn2c(N2CCN(C(=O)OC(C)(C)C)CC2)n1. The van der Waals surface area contributed by atoms with Crippen molar-refractivity contribution < 1.29 is 19.1 Å². The second-order valence-electron chi connectivity index (χ2n) is 7.06. The highest BCUT2D eigenvalue weighted by Gasteiger charge is 2.27. The number of fused-ring (bicyclic) bond motifs is 1. The van der Waals surface area contributed by atoms with Gasteiger partial charge in [-0.15, -0.1) is 0 Å². The number of amides is 1. The van der Waals surface area contributed by atoms with Gasteiger partial charge in [0.15, 0.2) is 6.29 Å². The minimum Gasteiger partial charge on any atom is -0.481 e. The van der Waals surface area contributed by atoms with Crippen molar-refractivity contribution in [1.82, 2.24) is 19.3 Å². The van der Waals surface area contributed by atoms with Gasteiger partial charge in [-0.25, -0.2) is 9.78 Å². The van der Waals surface area contributed by atoms with E-state index >= 15 is 0 Å². The lowest BCUT2D eigenvalue weighted by molar-refractivity contribution is 0.0240. The molecular weight excluding hydrogens is 338 g/mol. The van der Waals surface area contributed by atoms with Crippen LogP contribution in [0.5, 0.6) is 5.88 Å². The summed E-state index contributed by atoms with van der Waals surface area (Å²) in [7, 11) is 1.53. The summed E-state index contributed by atoms with van der Waals surface area (Å²) in [5, 5.41) is 0. The zero-order valence-electron chi connectivity index (χ0n) is 15.4. The Balaban J connectivity index is 1.80. The number of imidazole rings is 1. The molecule has 2 aromatic heterocycles. The number of hydrogen-bond donors (Lipinski definition) is 0. The molecule has 0 spiro atoms. The Morgan fingerprint density at radius 1 is 1.19 bits per heavy atom. The average molecular weight is 361 g/mol. The molecule has 1 aliphatic rings. The summed E-state index contributed by atoms with van der Waals surface area (Å²) in [4.78, 5) is 35.7. The molecule has 0 bridgehead atoms. The van der Waals surface area contributed by atoms with Crippen LogP contribution in [0.25, 0.3) is 5.65 Å². The Morgan fingerprint density at radius 2 is 1.88 bits per heavy atom. The van der Waals surface area contributed by atoms with E-state index in [0.29, 0.717) is 55.6 Å². The first kappa shape index (κ1) is 18.0. The summed E-state index contributed by atoms with van der Waals surface area (Å²) in [5.41, 5.74) is 0.397. The molecule has 0 N–H and O–H groups in total. The molecule has 9 nitrogen and oxygen atoms in total. The number of anilines is 1. The maximum absolute atomic E-state index is 12.2. The third-order valence-electron chi connectivity index (χ3n) is 3.97. The van der Waals surface area contributed by atoms with Crippen LogP contribution in [0.4, 0.5) is 10.7 Å². The second-order valence-corrected chi connectivity index (χ2v) is 7.06. The van der Waals surface area contributed by atoms with E-state index in [-0.39, 0.29) is 6.09 Å². The number of ether oxygens (including phenoxy) is 2. The zero-order valence-corrected chi connectivity index (χ0v) is 15.4. The van der Waals surface area contributed by atoms with Gasteiger partial charge in [-0.2, -0.15) is 4.98 Å². The normalized spacial score (nSPS) is 15.2. The van der Waals surface area contributed by atoms with Gasteiger partial charge < -0.3 is 19.3 Å². The zero-order chi connectivity index (χ0) is 18.9. The van der Waals surface area contributed by atoms with Crippen LogP contribution in [0, 0.1) is 0 Å². The van der Waals surface area contributed by atoms with Crippen molar-refractivity contribution in [2.45, 2.75) is 26.4 Å². The molecule has 0 aromatic carbocycles. The van der Waals surface area contributed by atoms with Crippen LogP contribution in [0.1, 0.15) is 31.3 Å². The van der Waals surface area contributed by atoms with E-state index in [9.17, 15) is 9.59 Å². The average Bonchev–Trinajstić information content (AvgIpc) is 3.02. The summed E-state index contributed by atoms with van der Waals surface area (Å²) in [5.74, 6) is 1.05. The van der Waals surface area contributed by atoms with Crippen molar-refractivity contribution in [2.75, 3.05) is 38.2 Å². The first-order valence-corrected chi connectivity index (χ1v) is 8.43. The molecule has 1 aliphatic heterocycles. The third kappa shape index (κ3) is 3.71. The fraction of sp³-hybridized carbons (Fsp3) is 0.529. The number of aldehydes is 1. The van der Waals surface area contributed by atoms with Gasteiger partial charge in [0.05, 0.1) is 7.11 Å². The quantitative estimate of drug-likeness (QED) is 0.767. The minimum atomic E-state index is -0.517. The van der Waals surface area contributed by atoms with E-state index in [1.165, 1.54) is 7.11 Å². The lowest BCUT2D eigenvalue weighted by Crippen LogP contribution is -2.50. The van der Waals surface area contributed by atoms with E-state index in [0.717, 1.165) is 0 Å². The molecule has 0 unspecified atom stereocenters. The number of hydrogen-bond acceptors (Lipinski definition) is 7. The van der Waals surface area contributed by atoms with Gasteiger partial charge in [0.1, 0.15) is 16.9 Å². The molecule has 1 amide bonds. The van der Waals surface area contributed by atoms with E-state index in [1.54, 1.807) is 21.6 Å². The van der Waals surface area contributed by atoms with Gasteiger partial charge in [-0.05, 0) is 20.8 Å². The molecule has 140 valence electrons. The molecule has 1 saturated heterocycles. The number of aromatic nitrogens is 3. The van der Waals surface area contributed by atoms with Gasteiger partial charge in [-0.1, -0.05) is 0 Å². The summed E-state index contributed by atoms with van der Waals surface area (Å²) in [6.45, 7) is 7.76. The number of methoxy groups -OCH3 is 1. The van der Waals surface area contributed by atoms with E-state index in [4.69, 9.17) is 9.47 Å². The van der Waals surface area contributed by atoms with Crippen LogP contribution in [0.15, 0.2) is 12.3 Å². The Labute approximate surface area is 151 Å². The number of piperazine rings is 1. The fourth-order valence-corrected chi connectivity index (χ4v) is 2.77. The van der Waals surface area contributed by atoms with Crippen molar-refractivity contribution in [3.8, 4) is 5.88 Å². The summed E-state index contributed by atoms with van der Waals surface area (Å²) in [6.07, 6.45) is 2.03. The molecule has 0 atom stereocenters. The van der Waals surface area contributed by atoms with E-state index in [2.05, 4.69) is 9.97 Å². The largest absolute Gasteiger partial charge is 0.481 e. The minimum absolute atomic E-state index is 0.313. The summed E-state index contributed by atoms with van der Waals surface area (Å²) < 4.78 is 12.4. The molecule has 2 aromatic rings. The molecular formula is C17H23N5O4. The van der Waals surface area contributed by atoms with Gasteiger partial charge in [0.2, 0.25) is 11.8 Å². The van der Waals surface area contributed by atoms with Gasteiger partial charge in [0.25, 0.3) is 0 Å². The summed E-state index contributed by atoms with van der Waals surface area (Å²) >= 11 is 0. The van der Waals surface area contributed by atoms with E-state index in [1.807, 2.05) is 25.7 Å². The predicted octanol–water partition coefficient (Wildman–Crippen LogP) is 1.61. The van der Waals surface area contributed by atoms with E-state index < -0.39 is 5.60 Å². The predicted molar refractivity (Wildman–Crippen MR) is 94.9 cm³/mol. The van der Waals surface area contributed by atoms with Crippen molar-refractivity contribution in [1.29, 1.82) is 0 Å². The highest BCUT2D eigenvalue weighted by molar-refractivity contribution is 5.74. The number of nitrogens with zero attached hydrogens (tertiary/aromatic N) is 5. The van der Waals surface area contributed by atoms with Crippen molar-refractivity contribution in [3.05, 3.63) is 18.0 Å². The Morgan fingerprint density at radius 3 is 2.46 bits per heavy atom. The molecule has 0 saturated carbocycles. The fourth-order valence-electron chi connectivity index (χ4n) is 2.77. The lowest BCUT2D eigenvalue weighted by atomic mass is 10.2. The van der Waals surface area contributed by atoms with Crippen LogP contribution in [-0.4, -0.2) is 70.5 Å². The van der Waals surface area contributed by atoms with Crippen LogP contribution in [-0.2, 0) is 4.74 Å². The first-order valence-electron chi connectivity index (χ1n) is 8.43. The monoisotopic (exact) mass is 361 g/mol. The van der Waals surface area contributed by atoms with Crippen LogP contribution < -0.4 is 9.64 Å². The molecule has 0 radical (unpaired) electrons. The number of carbonyl (C=O) groups excluding carboxylic acids is 2. The van der Waals surface area contributed by atoms with Crippen LogP contribution >= 0.6 is 0 Å². The Bertz CT molecular complexity index is 818. The second kappa shape index (κ2) is 6.81. The highest BCUT2D eigenvalue weighted by Crippen LogP contribution is 2.22. The first-order chi connectivity index (χ1) is 12.3. The molecule has 0 aliphatic carbocycles. The smallest absolute Gasteiger partial charge is 0.410 e. The molecule has 26 heavy (non-hydrogen) atoms. The highest BCUT2D eigenvalue weighted by atomic mass is 16.6. The van der Waals surface area contributed by atoms with Crippen molar-refractivity contribution in [2.24, 2.45) is 0 Å². The number of carbonyl (C=O) groups is 2. The Kier molecular flexibility index (Phi) is 4.71. The maximum Gasteiger partial charge on any atom is 0.410 e. The summed E-state index contributed by atoms with van der Waals surface area (Å²) in [6, 6.07) is 1.67. The van der Waals surface area contributed by atoms with Gasteiger partial charge in [0, 0.05) is 38.4 Å². The molecule has 9 heteroatoms. The van der Waals surface area contributed by atoms with Crippen molar-refractivity contribution in [3.63, 3.8) is 0 Å². The standard InChI is InChI=1S/C17H23N5O4/c1-17(2,3)26-16(24)21-7-5-20(6-8-21)15-19-14(25-4)9-13-18-12(11-23)10-22(13)15/h9-11H,5-8H2,1-4H3. The molecule has 3 heterocycles. The molecule has 1 fully saturated rings. The number of rotatable bonds is 3. The maximum atomic E-state index is 12.2. The van der Waals surface area contributed by atoms with Crippen LogP contribution in [0.2, 0.25) is 0 Å². The van der Waals surface area contributed by atoms with Gasteiger partial charge >= 0.3 is 6.09 Å². The topological polar surface area (TPSA) is 89.3 Å². The van der Waals surface area contributed by atoms with Crippen LogP contribution in [0.3, 0.4) is 0 Å². The third-order valence-corrected chi connectivity index (χ3v) is 3.97. The molecule has 3 rings (SSSR count). The van der Waals surface area contributed by atoms with Gasteiger partial charge in [-0.3, -0.25) is 9.20 Å². The van der Waals surface area contributed by atoms with Crippen molar-refractivity contribution >= 4 is 24.0 Å². The lowest BCUT2D eigenvalue weighted by Gasteiger charge is -2.36. The Hall–Kier alpha value is -2.84.